The van der Waals surface area contributed by atoms with Gasteiger partial charge in [0.05, 0.1) is 30.1 Å². The van der Waals surface area contributed by atoms with E-state index in [0.717, 1.165) is 41.1 Å². The van der Waals surface area contributed by atoms with Crippen LogP contribution >= 0.6 is 11.3 Å². The number of rotatable bonds is 5. The number of amides is 1. The average molecular weight is 424 g/mol. The number of aromatic nitrogens is 3. The van der Waals surface area contributed by atoms with Crippen LogP contribution < -0.4 is 9.64 Å². The van der Waals surface area contributed by atoms with Crippen molar-refractivity contribution in [2.75, 3.05) is 32.6 Å². The lowest BCUT2D eigenvalue weighted by Crippen LogP contribution is -2.31. The molecule has 2 aromatic heterocycles. The molecule has 4 rings (SSSR count). The van der Waals surface area contributed by atoms with Gasteiger partial charge in [-0.15, -0.1) is 11.3 Å². The number of likely N-dealkylation sites (tertiary alicyclic amines) is 1. The molecule has 1 aliphatic rings. The third kappa shape index (κ3) is 3.75. The highest BCUT2D eigenvalue weighted by Crippen LogP contribution is 2.39. The van der Waals surface area contributed by atoms with Crippen LogP contribution in [-0.4, -0.2) is 53.5 Å². The molecule has 1 aliphatic heterocycles. The quantitative estimate of drug-likeness (QED) is 0.619. The van der Waals surface area contributed by atoms with Crippen molar-refractivity contribution < 1.29 is 9.53 Å². The highest BCUT2D eigenvalue weighted by Gasteiger charge is 2.35. The van der Waals surface area contributed by atoms with Gasteiger partial charge in [-0.3, -0.25) is 4.79 Å². The monoisotopic (exact) mass is 423 g/mol. The average Bonchev–Trinajstić information content (AvgIpc) is 3.42. The van der Waals surface area contributed by atoms with Crippen LogP contribution in [0.1, 0.15) is 39.9 Å². The molecule has 8 heteroatoms. The van der Waals surface area contributed by atoms with Crippen LogP contribution in [0.4, 0.5) is 5.95 Å². The van der Waals surface area contributed by atoms with Crippen molar-refractivity contribution in [3.63, 3.8) is 0 Å². The summed E-state index contributed by atoms with van der Waals surface area (Å²) in [5.41, 5.74) is 5.27. The molecular weight excluding hydrogens is 398 g/mol. The van der Waals surface area contributed by atoms with Crippen LogP contribution in [0.15, 0.2) is 36.0 Å². The fraction of sp³-hybridized carbons (Fsp3) is 0.364. The van der Waals surface area contributed by atoms with Crippen molar-refractivity contribution in [1.82, 2.24) is 19.9 Å². The first-order valence-corrected chi connectivity index (χ1v) is 10.8. The Morgan fingerprint density at radius 3 is 2.83 bits per heavy atom. The maximum absolute atomic E-state index is 13.3. The number of nitrogens with zero attached hydrogens (tertiary/aromatic N) is 5. The molecular formula is C22H25N5O2S. The first-order valence-electron chi connectivity index (χ1n) is 9.89. The summed E-state index contributed by atoms with van der Waals surface area (Å²) in [5.74, 6) is 1.43. The van der Waals surface area contributed by atoms with Crippen molar-refractivity contribution in [3.05, 3.63) is 52.2 Å². The van der Waals surface area contributed by atoms with E-state index < -0.39 is 0 Å². The number of methoxy groups -OCH3 is 1. The largest absolute Gasteiger partial charge is 0.497 e. The van der Waals surface area contributed by atoms with Crippen LogP contribution in [0.25, 0.3) is 11.1 Å². The fourth-order valence-electron chi connectivity index (χ4n) is 3.80. The molecule has 0 saturated carbocycles. The topological polar surface area (TPSA) is 71.5 Å². The maximum Gasteiger partial charge on any atom is 0.266 e. The maximum atomic E-state index is 13.3. The van der Waals surface area contributed by atoms with Gasteiger partial charge in [0.2, 0.25) is 5.95 Å². The molecule has 3 aromatic rings. The minimum atomic E-state index is -0.109. The Balaban J connectivity index is 1.80. The van der Waals surface area contributed by atoms with Gasteiger partial charge in [-0.2, -0.15) is 0 Å². The fourth-order valence-corrected chi connectivity index (χ4v) is 4.56. The zero-order valence-electron chi connectivity index (χ0n) is 17.6. The molecule has 0 bridgehead atoms. The van der Waals surface area contributed by atoms with Gasteiger partial charge in [-0.1, -0.05) is 12.1 Å². The lowest BCUT2D eigenvalue weighted by atomic mass is 9.99. The molecule has 0 unspecified atom stereocenters. The Hall–Kier alpha value is -3.00. The highest BCUT2D eigenvalue weighted by molar-refractivity contribution is 7.11. The summed E-state index contributed by atoms with van der Waals surface area (Å²) in [4.78, 5) is 31.5. The third-order valence-corrected chi connectivity index (χ3v) is 6.27. The van der Waals surface area contributed by atoms with Crippen molar-refractivity contribution in [1.29, 1.82) is 0 Å². The molecule has 156 valence electrons. The van der Waals surface area contributed by atoms with Crippen LogP contribution in [0.3, 0.4) is 0 Å². The number of thiazole rings is 1. The second-order valence-electron chi connectivity index (χ2n) is 7.52. The van der Waals surface area contributed by atoms with E-state index in [9.17, 15) is 4.79 Å². The molecule has 0 spiro atoms. The third-order valence-electron chi connectivity index (χ3n) is 5.36. The molecule has 0 aliphatic carbocycles. The second kappa shape index (κ2) is 8.39. The van der Waals surface area contributed by atoms with Gasteiger partial charge in [0.1, 0.15) is 10.6 Å². The van der Waals surface area contributed by atoms with Crippen LogP contribution in [-0.2, 0) is 0 Å². The Morgan fingerprint density at radius 2 is 2.13 bits per heavy atom. The van der Waals surface area contributed by atoms with Crippen molar-refractivity contribution in [2.45, 2.75) is 25.8 Å². The predicted molar refractivity (Wildman–Crippen MR) is 118 cm³/mol. The summed E-state index contributed by atoms with van der Waals surface area (Å²) in [6.07, 6.45) is 3.66. The normalized spacial score (nSPS) is 16.0. The van der Waals surface area contributed by atoms with Crippen molar-refractivity contribution in [2.24, 2.45) is 0 Å². The summed E-state index contributed by atoms with van der Waals surface area (Å²) < 4.78 is 5.41. The van der Waals surface area contributed by atoms with Gasteiger partial charge < -0.3 is 14.5 Å². The number of hydrogen-bond donors (Lipinski definition) is 0. The van der Waals surface area contributed by atoms with Gasteiger partial charge in [0.25, 0.3) is 5.91 Å². The molecule has 1 aromatic carbocycles. The van der Waals surface area contributed by atoms with E-state index in [-0.39, 0.29) is 11.9 Å². The smallest absolute Gasteiger partial charge is 0.266 e. The Kier molecular flexibility index (Phi) is 5.67. The number of aryl methyl sites for hydroxylation is 1. The van der Waals surface area contributed by atoms with Gasteiger partial charge in [-0.05, 0) is 37.5 Å². The van der Waals surface area contributed by atoms with Crippen molar-refractivity contribution in [3.8, 4) is 16.9 Å². The Labute approximate surface area is 180 Å². The summed E-state index contributed by atoms with van der Waals surface area (Å²) in [6.45, 7) is 2.59. The van der Waals surface area contributed by atoms with E-state index in [0.29, 0.717) is 17.4 Å². The molecule has 0 radical (unpaired) electrons. The van der Waals surface area contributed by atoms with Crippen LogP contribution in [0.5, 0.6) is 5.75 Å². The number of benzene rings is 1. The molecule has 1 saturated heterocycles. The van der Waals surface area contributed by atoms with E-state index in [2.05, 4.69) is 9.97 Å². The van der Waals surface area contributed by atoms with E-state index >= 15 is 0 Å². The van der Waals surface area contributed by atoms with Gasteiger partial charge in [0, 0.05) is 32.4 Å². The first-order chi connectivity index (χ1) is 14.5. The number of carbonyl (C=O) groups is 1. The number of anilines is 1. The lowest BCUT2D eigenvalue weighted by molar-refractivity contribution is 0.0737. The molecule has 1 amide bonds. The molecule has 30 heavy (non-hydrogen) atoms. The Bertz CT molecular complexity index is 1070. The molecule has 3 heterocycles. The number of carbonyl (C=O) groups excluding carboxylic acids is 1. The summed E-state index contributed by atoms with van der Waals surface area (Å²) >= 11 is 1.40. The SMILES string of the molecule is COc1cccc(-c2cnc(N(C)C)nc2[C@H]2CCCN2C(=O)c2scnc2C)c1. The lowest BCUT2D eigenvalue weighted by Gasteiger charge is -2.26. The van der Waals surface area contributed by atoms with Crippen LogP contribution in [0.2, 0.25) is 0 Å². The number of ether oxygens (including phenoxy) is 1. The highest BCUT2D eigenvalue weighted by atomic mass is 32.1. The molecule has 1 fully saturated rings. The number of hydrogen-bond acceptors (Lipinski definition) is 7. The van der Waals surface area contributed by atoms with Gasteiger partial charge in [-0.25, -0.2) is 15.0 Å². The summed E-state index contributed by atoms with van der Waals surface area (Å²) in [7, 11) is 5.49. The van der Waals surface area contributed by atoms with Crippen molar-refractivity contribution >= 4 is 23.2 Å². The van der Waals surface area contributed by atoms with Gasteiger partial charge >= 0.3 is 0 Å². The standard InChI is InChI=1S/C22H25N5O2S/c1-14-20(30-13-24-14)21(28)27-10-6-9-18(27)19-17(12-23-22(25-19)26(2)3)15-7-5-8-16(11-15)29-4/h5,7-8,11-13,18H,6,9-10H2,1-4H3/t18-/m1/s1. The van der Waals surface area contributed by atoms with E-state index in [1.807, 2.05) is 61.3 Å². The molecule has 7 nitrogen and oxygen atoms in total. The zero-order valence-corrected chi connectivity index (χ0v) is 18.4. The van der Waals surface area contributed by atoms with E-state index in [4.69, 9.17) is 9.72 Å². The minimum absolute atomic E-state index is 0.0270. The van der Waals surface area contributed by atoms with Gasteiger partial charge in [0.15, 0.2) is 0 Å². The summed E-state index contributed by atoms with van der Waals surface area (Å²) in [5, 5.41) is 0. The molecule has 1 atom stereocenters. The Morgan fingerprint density at radius 1 is 1.30 bits per heavy atom. The van der Waals surface area contributed by atoms with E-state index in [1.54, 1.807) is 12.6 Å². The first kappa shape index (κ1) is 20.3. The van der Waals surface area contributed by atoms with Crippen LogP contribution in [0, 0.1) is 6.92 Å². The minimum Gasteiger partial charge on any atom is -0.497 e. The zero-order chi connectivity index (χ0) is 21.3. The molecule has 0 N–H and O–H groups in total. The predicted octanol–water partition coefficient (Wildman–Crippen LogP) is 3.96. The second-order valence-corrected chi connectivity index (χ2v) is 8.37. The van der Waals surface area contributed by atoms with E-state index in [1.165, 1.54) is 11.3 Å². The summed E-state index contributed by atoms with van der Waals surface area (Å²) in [6, 6.07) is 7.76.